The third kappa shape index (κ3) is 7.58. The van der Waals surface area contributed by atoms with Crippen molar-refractivity contribution in [2.45, 2.75) is 51.1 Å². The molecule has 0 bridgehead atoms. The minimum atomic E-state index is -4.22. The summed E-state index contributed by atoms with van der Waals surface area (Å²) in [5, 5.41) is 3.25. The summed E-state index contributed by atoms with van der Waals surface area (Å²) in [6.07, 6.45) is 1.01. The zero-order chi connectivity index (χ0) is 28.6. The number of halogens is 2. The van der Waals surface area contributed by atoms with E-state index >= 15 is 0 Å². The average molecular weight is 574 g/mol. The second-order valence-electron chi connectivity index (χ2n) is 9.13. The molecule has 3 aromatic carbocycles. The summed E-state index contributed by atoms with van der Waals surface area (Å²) in [6, 6.07) is 17.2. The molecule has 3 aromatic rings. The Labute approximate surface area is 234 Å². The van der Waals surface area contributed by atoms with Crippen LogP contribution in [0.1, 0.15) is 37.8 Å². The van der Waals surface area contributed by atoms with Gasteiger partial charge in [0.05, 0.1) is 10.6 Å². The first-order valence-corrected chi connectivity index (χ1v) is 14.6. The quantitative estimate of drug-likeness (QED) is 0.318. The van der Waals surface area contributed by atoms with Gasteiger partial charge in [-0.25, -0.2) is 12.8 Å². The first-order valence-electron chi connectivity index (χ1n) is 12.7. The lowest BCUT2D eigenvalue weighted by Gasteiger charge is -2.33. The lowest BCUT2D eigenvalue weighted by atomic mass is 10.1. The van der Waals surface area contributed by atoms with Crippen LogP contribution < -0.4 is 9.62 Å². The topological polar surface area (TPSA) is 86.8 Å². The number of amides is 2. The average Bonchev–Trinajstić information content (AvgIpc) is 2.92. The highest BCUT2D eigenvalue weighted by atomic mass is 35.5. The predicted molar refractivity (Wildman–Crippen MR) is 151 cm³/mol. The van der Waals surface area contributed by atoms with Gasteiger partial charge in [0.15, 0.2) is 0 Å². The highest BCUT2D eigenvalue weighted by molar-refractivity contribution is 7.92. The molecule has 0 saturated heterocycles. The Kier molecular flexibility index (Phi) is 10.5. The van der Waals surface area contributed by atoms with Crippen molar-refractivity contribution in [2.24, 2.45) is 0 Å². The van der Waals surface area contributed by atoms with Crippen molar-refractivity contribution in [3.05, 3.63) is 94.8 Å². The number of anilines is 1. The number of rotatable bonds is 12. The first kappa shape index (κ1) is 30.1. The zero-order valence-electron chi connectivity index (χ0n) is 22.2. The first-order chi connectivity index (χ1) is 18.6. The number of hydrogen-bond donors (Lipinski definition) is 1. The van der Waals surface area contributed by atoms with Crippen LogP contribution in [0.5, 0.6) is 0 Å². The van der Waals surface area contributed by atoms with Crippen LogP contribution in [0.3, 0.4) is 0 Å². The zero-order valence-corrected chi connectivity index (χ0v) is 23.8. The lowest BCUT2D eigenvalue weighted by Crippen LogP contribution is -2.52. The van der Waals surface area contributed by atoms with E-state index in [9.17, 15) is 22.4 Å². The molecule has 0 saturated carbocycles. The standard InChI is InChI=1S/C29H33ClFN3O4S/c1-4-18-32-29(36)27(5-2)33(19-22-8-6-7-9-26(22)30)28(35)20-34(24-14-12-23(31)13-15-24)39(37,38)25-16-10-21(3)11-17-25/h6-17,27H,4-5,18-20H2,1-3H3,(H,32,36)/t27-/m0/s1. The molecular formula is C29H33ClFN3O4S. The molecule has 0 radical (unpaired) electrons. The number of benzene rings is 3. The maximum absolute atomic E-state index is 13.9. The van der Waals surface area contributed by atoms with E-state index in [0.29, 0.717) is 30.0 Å². The van der Waals surface area contributed by atoms with Gasteiger partial charge < -0.3 is 10.2 Å². The molecule has 208 valence electrons. The molecule has 0 aliphatic carbocycles. The van der Waals surface area contributed by atoms with E-state index < -0.39 is 34.3 Å². The molecular weight excluding hydrogens is 541 g/mol. The summed E-state index contributed by atoms with van der Waals surface area (Å²) < 4.78 is 42.2. The lowest BCUT2D eigenvalue weighted by molar-refractivity contribution is -0.140. The van der Waals surface area contributed by atoms with Gasteiger partial charge >= 0.3 is 0 Å². The summed E-state index contributed by atoms with van der Waals surface area (Å²) >= 11 is 6.39. The molecule has 0 heterocycles. The second-order valence-corrected chi connectivity index (χ2v) is 11.4. The van der Waals surface area contributed by atoms with E-state index in [1.807, 2.05) is 13.8 Å². The molecule has 1 N–H and O–H groups in total. The molecule has 0 aliphatic heterocycles. The summed E-state index contributed by atoms with van der Waals surface area (Å²) in [7, 11) is -4.22. The van der Waals surface area contributed by atoms with Crippen LogP contribution in [0.2, 0.25) is 5.02 Å². The molecule has 0 fully saturated rings. The Morgan fingerprint density at radius 3 is 2.21 bits per heavy atom. The number of sulfonamides is 1. The largest absolute Gasteiger partial charge is 0.354 e. The van der Waals surface area contributed by atoms with Gasteiger partial charge in [0.1, 0.15) is 18.4 Å². The fourth-order valence-corrected chi connectivity index (χ4v) is 5.68. The molecule has 39 heavy (non-hydrogen) atoms. The van der Waals surface area contributed by atoms with Crippen LogP contribution in [-0.2, 0) is 26.2 Å². The number of aryl methyl sites for hydroxylation is 1. The Hall–Kier alpha value is -3.43. The summed E-state index contributed by atoms with van der Waals surface area (Å²) in [5.41, 5.74) is 1.60. The van der Waals surface area contributed by atoms with Crippen LogP contribution in [0, 0.1) is 12.7 Å². The van der Waals surface area contributed by atoms with E-state index in [4.69, 9.17) is 11.6 Å². The van der Waals surface area contributed by atoms with E-state index in [1.54, 1.807) is 43.3 Å². The maximum Gasteiger partial charge on any atom is 0.264 e. The van der Waals surface area contributed by atoms with Crippen molar-refractivity contribution in [2.75, 3.05) is 17.4 Å². The summed E-state index contributed by atoms with van der Waals surface area (Å²) in [4.78, 5) is 28.4. The number of carbonyl (C=O) groups is 2. The summed E-state index contributed by atoms with van der Waals surface area (Å²) in [6.45, 7) is 5.36. The van der Waals surface area contributed by atoms with Crippen LogP contribution >= 0.6 is 11.6 Å². The predicted octanol–water partition coefficient (Wildman–Crippen LogP) is 5.32. The highest BCUT2D eigenvalue weighted by Gasteiger charge is 2.33. The molecule has 0 spiro atoms. The minimum Gasteiger partial charge on any atom is -0.354 e. The van der Waals surface area contributed by atoms with Crippen LogP contribution in [0.15, 0.2) is 77.7 Å². The van der Waals surface area contributed by atoms with Crippen LogP contribution in [0.25, 0.3) is 0 Å². The van der Waals surface area contributed by atoms with Crippen molar-refractivity contribution in [1.29, 1.82) is 0 Å². The molecule has 10 heteroatoms. The van der Waals surface area contributed by atoms with Gasteiger partial charge in [-0.15, -0.1) is 0 Å². The van der Waals surface area contributed by atoms with Gasteiger partial charge in [-0.05, 0) is 67.8 Å². The van der Waals surface area contributed by atoms with Crippen molar-refractivity contribution < 1.29 is 22.4 Å². The van der Waals surface area contributed by atoms with E-state index in [2.05, 4.69) is 5.32 Å². The van der Waals surface area contributed by atoms with Gasteiger partial charge in [-0.3, -0.25) is 13.9 Å². The van der Waals surface area contributed by atoms with Gasteiger partial charge in [0.2, 0.25) is 11.8 Å². The Morgan fingerprint density at radius 2 is 1.62 bits per heavy atom. The Balaban J connectivity index is 2.05. The molecule has 2 amide bonds. The number of nitrogens with zero attached hydrogens (tertiary/aromatic N) is 2. The van der Waals surface area contributed by atoms with Crippen molar-refractivity contribution >= 4 is 39.1 Å². The third-order valence-electron chi connectivity index (χ3n) is 6.24. The van der Waals surface area contributed by atoms with Crippen LogP contribution in [0.4, 0.5) is 10.1 Å². The second kappa shape index (κ2) is 13.6. The SMILES string of the molecule is CCCNC(=O)[C@H](CC)N(Cc1ccccc1Cl)C(=O)CN(c1ccc(F)cc1)S(=O)(=O)c1ccc(C)cc1. The van der Waals surface area contributed by atoms with Gasteiger partial charge in [0, 0.05) is 18.1 Å². The maximum atomic E-state index is 13.9. The highest BCUT2D eigenvalue weighted by Crippen LogP contribution is 2.26. The van der Waals surface area contributed by atoms with E-state index in [1.165, 1.54) is 29.2 Å². The van der Waals surface area contributed by atoms with Crippen LogP contribution in [-0.4, -0.2) is 44.3 Å². The monoisotopic (exact) mass is 573 g/mol. The van der Waals surface area contributed by atoms with Gasteiger partial charge in [-0.1, -0.05) is 61.3 Å². The fraction of sp³-hybridized carbons (Fsp3) is 0.310. The van der Waals surface area contributed by atoms with Crippen molar-refractivity contribution in [3.8, 4) is 0 Å². The smallest absolute Gasteiger partial charge is 0.264 e. The van der Waals surface area contributed by atoms with E-state index in [-0.39, 0.29) is 23.0 Å². The number of carbonyl (C=O) groups excluding carboxylic acids is 2. The molecule has 3 rings (SSSR count). The van der Waals surface area contributed by atoms with Gasteiger partial charge in [-0.2, -0.15) is 0 Å². The van der Waals surface area contributed by atoms with Gasteiger partial charge in [0.25, 0.3) is 10.0 Å². The molecule has 0 aromatic heterocycles. The van der Waals surface area contributed by atoms with Crippen molar-refractivity contribution in [3.63, 3.8) is 0 Å². The third-order valence-corrected chi connectivity index (χ3v) is 8.39. The minimum absolute atomic E-state index is 0.00159. The number of nitrogens with one attached hydrogen (secondary N) is 1. The molecule has 7 nitrogen and oxygen atoms in total. The summed E-state index contributed by atoms with van der Waals surface area (Å²) in [5.74, 6) is -1.49. The normalized spacial score (nSPS) is 12.0. The van der Waals surface area contributed by atoms with Crippen molar-refractivity contribution in [1.82, 2.24) is 10.2 Å². The Bertz CT molecular complexity index is 1380. The molecule has 0 aliphatic rings. The fourth-order valence-electron chi connectivity index (χ4n) is 4.07. The molecule has 0 unspecified atom stereocenters. The van der Waals surface area contributed by atoms with E-state index in [0.717, 1.165) is 22.0 Å². The number of hydrogen-bond acceptors (Lipinski definition) is 4. The molecule has 1 atom stereocenters. The Morgan fingerprint density at radius 1 is 0.974 bits per heavy atom.